The highest BCUT2D eigenvalue weighted by Gasteiger charge is 2.41. The molecular weight excluding hydrogens is 301 g/mol. The summed E-state index contributed by atoms with van der Waals surface area (Å²) in [6.07, 6.45) is -0.849. The van der Waals surface area contributed by atoms with Gasteiger partial charge in [-0.2, -0.15) is 0 Å². The maximum Gasteiger partial charge on any atom is 0.494 e. The lowest BCUT2D eigenvalue weighted by Crippen LogP contribution is -2.39. The SMILES string of the molecule is CC.O=C(ON1C(=O)CCC1=O)C1COB(c2ccccc2)O1. The molecule has 0 N–H and O–H groups in total. The van der Waals surface area contributed by atoms with Gasteiger partial charge in [0, 0.05) is 12.8 Å². The molecule has 2 saturated heterocycles. The van der Waals surface area contributed by atoms with Gasteiger partial charge in [-0.15, -0.1) is 5.06 Å². The fourth-order valence-electron chi connectivity index (χ4n) is 2.12. The lowest BCUT2D eigenvalue weighted by Gasteiger charge is -2.15. The predicted molar refractivity (Wildman–Crippen MR) is 81.2 cm³/mol. The molecule has 2 amide bonds. The van der Waals surface area contributed by atoms with E-state index in [1.165, 1.54) is 0 Å². The maximum atomic E-state index is 11.9. The van der Waals surface area contributed by atoms with Crippen LogP contribution in [0.2, 0.25) is 0 Å². The third-order valence-electron chi connectivity index (χ3n) is 3.21. The average molecular weight is 319 g/mol. The quantitative estimate of drug-likeness (QED) is 0.594. The second-order valence-corrected chi connectivity index (χ2v) is 4.69. The van der Waals surface area contributed by atoms with E-state index in [2.05, 4.69) is 0 Å². The number of benzene rings is 1. The number of carbonyl (C=O) groups excluding carboxylic acids is 3. The number of carbonyl (C=O) groups is 3. The Balaban J connectivity index is 0.000000924. The fourth-order valence-corrected chi connectivity index (χ4v) is 2.12. The minimum atomic E-state index is -0.962. The summed E-state index contributed by atoms with van der Waals surface area (Å²) in [4.78, 5) is 39.4. The second-order valence-electron chi connectivity index (χ2n) is 4.69. The third-order valence-corrected chi connectivity index (χ3v) is 3.21. The third kappa shape index (κ3) is 3.97. The zero-order valence-corrected chi connectivity index (χ0v) is 13.1. The Morgan fingerprint density at radius 2 is 1.78 bits per heavy atom. The van der Waals surface area contributed by atoms with E-state index in [0.717, 1.165) is 5.46 Å². The molecule has 2 aliphatic heterocycles. The Morgan fingerprint density at radius 3 is 2.39 bits per heavy atom. The molecule has 23 heavy (non-hydrogen) atoms. The predicted octanol–water partition coefficient (Wildman–Crippen LogP) is 0.431. The smallest absolute Gasteiger partial charge is 0.404 e. The van der Waals surface area contributed by atoms with Gasteiger partial charge in [-0.1, -0.05) is 44.2 Å². The zero-order chi connectivity index (χ0) is 16.8. The largest absolute Gasteiger partial charge is 0.494 e. The Bertz CT molecular complexity index is 563. The molecule has 0 saturated carbocycles. The van der Waals surface area contributed by atoms with Crippen LogP contribution in [0.15, 0.2) is 30.3 Å². The van der Waals surface area contributed by atoms with Crippen molar-refractivity contribution in [3.63, 3.8) is 0 Å². The molecule has 0 bridgehead atoms. The van der Waals surface area contributed by atoms with Crippen molar-refractivity contribution < 1.29 is 28.5 Å². The van der Waals surface area contributed by atoms with Gasteiger partial charge in [0.1, 0.15) is 0 Å². The van der Waals surface area contributed by atoms with Crippen molar-refractivity contribution in [3.05, 3.63) is 30.3 Å². The van der Waals surface area contributed by atoms with E-state index >= 15 is 0 Å². The van der Waals surface area contributed by atoms with Crippen molar-refractivity contribution in [3.8, 4) is 0 Å². The van der Waals surface area contributed by atoms with Crippen LogP contribution in [0.3, 0.4) is 0 Å². The molecule has 1 unspecified atom stereocenters. The normalized spacial score (nSPS) is 20.3. The number of amides is 2. The van der Waals surface area contributed by atoms with Crippen LogP contribution >= 0.6 is 0 Å². The minimum Gasteiger partial charge on any atom is -0.404 e. The topological polar surface area (TPSA) is 82.1 Å². The molecule has 0 radical (unpaired) electrons. The van der Waals surface area contributed by atoms with Gasteiger partial charge < -0.3 is 14.1 Å². The molecule has 1 aromatic carbocycles. The molecule has 7 nitrogen and oxygen atoms in total. The molecule has 0 aromatic heterocycles. The molecule has 0 aliphatic carbocycles. The lowest BCUT2D eigenvalue weighted by atomic mass is 9.79. The van der Waals surface area contributed by atoms with Crippen LogP contribution in [-0.4, -0.2) is 42.7 Å². The lowest BCUT2D eigenvalue weighted by molar-refractivity contribution is -0.202. The van der Waals surface area contributed by atoms with E-state index in [-0.39, 0.29) is 19.4 Å². The van der Waals surface area contributed by atoms with E-state index in [9.17, 15) is 14.4 Å². The Morgan fingerprint density at radius 1 is 1.17 bits per heavy atom. The monoisotopic (exact) mass is 319 g/mol. The molecule has 8 heteroatoms. The van der Waals surface area contributed by atoms with Gasteiger partial charge in [0.25, 0.3) is 11.8 Å². The standard InChI is InChI=1S/C13H12BNO6.C2H6/c16-11-6-7-12(17)15(11)21-13(18)10-8-19-14(20-10)9-4-2-1-3-5-9;1-2/h1-5,10H,6-8H2;1-2H3. The fraction of sp³-hybridized carbons (Fsp3) is 0.400. The van der Waals surface area contributed by atoms with E-state index in [1.807, 2.05) is 44.2 Å². The van der Waals surface area contributed by atoms with Crippen LogP contribution in [0.5, 0.6) is 0 Å². The summed E-state index contributed by atoms with van der Waals surface area (Å²) in [6.45, 7) is 4.01. The molecule has 122 valence electrons. The van der Waals surface area contributed by atoms with Crippen LogP contribution in [0, 0.1) is 0 Å². The van der Waals surface area contributed by atoms with E-state index in [0.29, 0.717) is 5.06 Å². The molecule has 2 aliphatic rings. The number of hydrogen-bond donors (Lipinski definition) is 0. The number of nitrogens with zero attached hydrogens (tertiary/aromatic N) is 1. The Kier molecular flexibility index (Phi) is 5.89. The first kappa shape index (κ1) is 17.2. The molecule has 1 atom stereocenters. The highest BCUT2D eigenvalue weighted by molar-refractivity contribution is 6.62. The maximum absolute atomic E-state index is 11.9. The summed E-state index contributed by atoms with van der Waals surface area (Å²) in [5.41, 5.74) is 0.779. The van der Waals surface area contributed by atoms with Crippen LogP contribution in [0.4, 0.5) is 0 Å². The van der Waals surface area contributed by atoms with Crippen LogP contribution in [0.25, 0.3) is 0 Å². The zero-order valence-electron chi connectivity index (χ0n) is 13.1. The van der Waals surface area contributed by atoms with Crippen LogP contribution < -0.4 is 5.46 Å². The highest BCUT2D eigenvalue weighted by atomic mass is 16.7. The molecular formula is C15H18BNO6. The van der Waals surface area contributed by atoms with Crippen molar-refractivity contribution in [1.29, 1.82) is 0 Å². The van der Waals surface area contributed by atoms with Crippen LogP contribution in [-0.2, 0) is 28.5 Å². The van der Waals surface area contributed by atoms with Crippen molar-refractivity contribution in [1.82, 2.24) is 5.06 Å². The van der Waals surface area contributed by atoms with Gasteiger partial charge in [0.15, 0.2) is 6.10 Å². The molecule has 0 spiro atoms. The molecule has 2 fully saturated rings. The number of hydroxylamine groups is 2. The minimum absolute atomic E-state index is 0.00855. The first-order valence-corrected chi connectivity index (χ1v) is 7.55. The van der Waals surface area contributed by atoms with Gasteiger partial charge in [-0.3, -0.25) is 9.59 Å². The molecule has 3 rings (SSSR count). The average Bonchev–Trinajstić information content (AvgIpc) is 3.20. The van der Waals surface area contributed by atoms with E-state index in [4.69, 9.17) is 14.1 Å². The number of rotatable bonds is 3. The summed E-state index contributed by atoms with van der Waals surface area (Å²) >= 11 is 0. The molecule has 1 aromatic rings. The van der Waals surface area contributed by atoms with Gasteiger partial charge in [0.2, 0.25) is 0 Å². The number of hydrogen-bond acceptors (Lipinski definition) is 6. The highest BCUT2D eigenvalue weighted by Crippen LogP contribution is 2.16. The molecule has 2 heterocycles. The summed E-state index contributed by atoms with van der Waals surface area (Å²) in [5.74, 6) is -1.85. The Labute approximate surface area is 134 Å². The van der Waals surface area contributed by atoms with Gasteiger partial charge in [-0.05, 0) is 5.46 Å². The summed E-state index contributed by atoms with van der Waals surface area (Å²) in [6, 6.07) is 9.14. The van der Waals surface area contributed by atoms with Crippen molar-refractivity contribution in [2.24, 2.45) is 0 Å². The van der Waals surface area contributed by atoms with Gasteiger partial charge in [-0.25, -0.2) is 4.79 Å². The van der Waals surface area contributed by atoms with Crippen molar-refractivity contribution in [2.45, 2.75) is 32.8 Å². The summed E-state index contributed by atoms with van der Waals surface area (Å²) in [7, 11) is -0.659. The first-order valence-electron chi connectivity index (χ1n) is 7.55. The van der Waals surface area contributed by atoms with Crippen molar-refractivity contribution in [2.75, 3.05) is 6.61 Å². The summed E-state index contributed by atoms with van der Waals surface area (Å²) < 4.78 is 10.8. The van der Waals surface area contributed by atoms with E-state index < -0.39 is 31.0 Å². The van der Waals surface area contributed by atoms with Crippen molar-refractivity contribution >= 4 is 30.4 Å². The summed E-state index contributed by atoms with van der Waals surface area (Å²) in [5, 5.41) is 0.502. The van der Waals surface area contributed by atoms with Gasteiger partial charge in [0.05, 0.1) is 6.61 Å². The number of imide groups is 1. The van der Waals surface area contributed by atoms with Gasteiger partial charge >= 0.3 is 13.1 Å². The second kappa shape index (κ2) is 7.89. The first-order chi connectivity index (χ1) is 11.1. The van der Waals surface area contributed by atoms with Crippen LogP contribution in [0.1, 0.15) is 26.7 Å². The Hall–Kier alpha value is -2.19. The van der Waals surface area contributed by atoms with E-state index in [1.54, 1.807) is 0 Å².